The van der Waals surface area contributed by atoms with Crippen LogP contribution in [0.25, 0.3) is 0 Å². The second kappa shape index (κ2) is 15.2. The number of benzene rings is 1. The van der Waals surface area contributed by atoms with Crippen LogP contribution in [-0.4, -0.2) is 10.5 Å². The standard InChI is InChI=1S/C8H10.2CH3NOS.Zn/c1-2-8-6-4-3-5-7-8;2*2-1(3)4;/h3-7H,2H2,1H3;2*(H3,2,3,4);/q;;;+2/p-2. The van der Waals surface area contributed by atoms with Gasteiger partial charge in [-0.05, 0) is 12.0 Å². The summed E-state index contributed by atoms with van der Waals surface area (Å²) in [5, 5.41) is -1.50. The number of hydrogen-bond donors (Lipinski definition) is 2. The molecule has 1 aromatic rings. The van der Waals surface area contributed by atoms with Crippen molar-refractivity contribution in [1.29, 1.82) is 0 Å². The smallest absolute Gasteiger partial charge is 0.719 e. The Kier molecular flexibility index (Phi) is 19.3. The average Bonchev–Trinajstić information content (AvgIpc) is 2.17. The zero-order valence-corrected chi connectivity index (χ0v) is 14.2. The summed E-state index contributed by atoms with van der Waals surface area (Å²) in [4.78, 5) is 18.1. The van der Waals surface area contributed by atoms with E-state index in [-0.39, 0.29) is 19.5 Å². The monoisotopic (exact) mass is 322 g/mol. The van der Waals surface area contributed by atoms with E-state index >= 15 is 0 Å². The Morgan fingerprint density at radius 1 is 1.06 bits per heavy atom. The van der Waals surface area contributed by atoms with E-state index in [0.29, 0.717) is 0 Å². The van der Waals surface area contributed by atoms with E-state index in [0.717, 1.165) is 6.42 Å². The Hall–Kier alpha value is -0.777. The molecule has 0 aromatic heterocycles. The largest absolute Gasteiger partial charge is 2.00 e. The Morgan fingerprint density at radius 3 is 1.53 bits per heavy atom. The Morgan fingerprint density at radius 2 is 1.35 bits per heavy atom. The number of primary amides is 2. The van der Waals surface area contributed by atoms with E-state index in [1.165, 1.54) is 5.56 Å². The molecular weight excluding hydrogens is 310 g/mol. The maximum atomic E-state index is 9.04. The van der Waals surface area contributed by atoms with Crippen LogP contribution in [-0.2, 0) is 51.2 Å². The summed E-state index contributed by atoms with van der Waals surface area (Å²) in [5.41, 5.74) is 9.98. The van der Waals surface area contributed by atoms with Gasteiger partial charge in [-0.15, -0.1) is 0 Å². The third kappa shape index (κ3) is 31.3. The molecule has 7 heteroatoms. The van der Waals surface area contributed by atoms with Gasteiger partial charge in [0, 0.05) is 0 Å². The number of rotatable bonds is 1. The first-order chi connectivity index (χ1) is 7.40. The Labute approximate surface area is 125 Å². The number of carbonyl (C=O) groups is 2. The molecular formula is C10H14N2O2S2Zn. The number of aryl methyl sites for hydroxylation is 1. The fourth-order valence-electron chi connectivity index (χ4n) is 0.714. The average molecular weight is 324 g/mol. The van der Waals surface area contributed by atoms with Gasteiger partial charge in [-0.1, -0.05) is 37.3 Å². The molecule has 0 fully saturated rings. The normalized spacial score (nSPS) is 7.12. The number of amides is 2. The van der Waals surface area contributed by atoms with Gasteiger partial charge in [-0.3, -0.25) is 0 Å². The predicted octanol–water partition coefficient (Wildman–Crippen LogP) is 1.47. The van der Waals surface area contributed by atoms with Crippen molar-refractivity contribution < 1.29 is 29.1 Å². The topological polar surface area (TPSA) is 86.2 Å². The maximum absolute atomic E-state index is 9.04. The van der Waals surface area contributed by atoms with Gasteiger partial charge < -0.3 is 46.3 Å². The molecule has 0 atom stereocenters. The molecule has 1 rings (SSSR count). The van der Waals surface area contributed by atoms with E-state index in [2.05, 4.69) is 67.9 Å². The molecule has 0 bridgehead atoms. The minimum Gasteiger partial charge on any atom is -0.719 e. The second-order valence-electron chi connectivity index (χ2n) is 2.48. The molecule has 17 heavy (non-hydrogen) atoms. The van der Waals surface area contributed by atoms with Gasteiger partial charge in [-0.2, -0.15) is 0 Å². The fraction of sp³-hybridized carbons (Fsp3) is 0.200. The van der Waals surface area contributed by atoms with E-state index < -0.39 is 10.5 Å². The zero-order valence-electron chi connectivity index (χ0n) is 9.59. The Bertz CT molecular complexity index is 290. The Balaban J connectivity index is -0.000000189. The third-order valence-electron chi connectivity index (χ3n) is 1.25. The van der Waals surface area contributed by atoms with Crippen molar-refractivity contribution in [2.75, 3.05) is 0 Å². The number of carbonyl (C=O) groups excluding carboxylic acids is 2. The quantitative estimate of drug-likeness (QED) is 0.605. The van der Waals surface area contributed by atoms with E-state index in [1.54, 1.807) is 0 Å². The predicted molar refractivity (Wildman–Crippen MR) is 69.7 cm³/mol. The van der Waals surface area contributed by atoms with Crippen molar-refractivity contribution in [3.05, 3.63) is 35.9 Å². The summed E-state index contributed by atoms with van der Waals surface area (Å²) in [7, 11) is 0. The molecule has 0 radical (unpaired) electrons. The summed E-state index contributed by atoms with van der Waals surface area (Å²) in [6, 6.07) is 10.5. The van der Waals surface area contributed by atoms with Crippen LogP contribution in [0.3, 0.4) is 0 Å². The number of hydrogen-bond acceptors (Lipinski definition) is 4. The molecule has 0 unspecified atom stereocenters. The zero-order chi connectivity index (χ0) is 13.0. The van der Waals surface area contributed by atoms with E-state index in [4.69, 9.17) is 9.59 Å². The summed E-state index contributed by atoms with van der Waals surface area (Å²) in [6.07, 6.45) is 1.14. The third-order valence-corrected chi connectivity index (χ3v) is 1.25. The van der Waals surface area contributed by atoms with Crippen LogP contribution in [0.1, 0.15) is 12.5 Å². The van der Waals surface area contributed by atoms with E-state index in [1.807, 2.05) is 6.07 Å². The van der Waals surface area contributed by atoms with Gasteiger partial charge in [0.1, 0.15) is 0 Å². The number of nitrogens with two attached hydrogens (primary N) is 2. The van der Waals surface area contributed by atoms with Gasteiger partial charge in [0.05, 0.1) is 10.5 Å². The minimum absolute atomic E-state index is 0. The molecule has 90 valence electrons. The molecule has 4 nitrogen and oxygen atoms in total. The van der Waals surface area contributed by atoms with Crippen LogP contribution in [0.5, 0.6) is 0 Å². The summed E-state index contributed by atoms with van der Waals surface area (Å²) >= 11 is 7.52. The molecule has 0 spiro atoms. The van der Waals surface area contributed by atoms with Gasteiger partial charge in [0.25, 0.3) is 0 Å². The molecule has 0 aliphatic heterocycles. The molecule has 0 saturated heterocycles. The van der Waals surface area contributed by atoms with Gasteiger partial charge in [0.2, 0.25) is 0 Å². The molecule has 4 N–H and O–H groups in total. The molecule has 0 saturated carbocycles. The SMILES string of the molecule is CCc1ccccc1.NC(=O)[S-].NC(=O)[S-].[Zn+2]. The van der Waals surface area contributed by atoms with Crippen LogP contribution < -0.4 is 11.5 Å². The molecule has 0 heterocycles. The van der Waals surface area contributed by atoms with E-state index in [9.17, 15) is 0 Å². The first kappa shape index (κ1) is 21.5. The summed E-state index contributed by atoms with van der Waals surface area (Å²) in [5.74, 6) is 0. The van der Waals surface area contributed by atoms with Crippen LogP contribution in [0, 0.1) is 0 Å². The van der Waals surface area contributed by atoms with Crippen LogP contribution in [0.4, 0.5) is 9.59 Å². The molecule has 2 amide bonds. The van der Waals surface area contributed by atoms with Crippen molar-refractivity contribution in [3.63, 3.8) is 0 Å². The molecule has 0 aliphatic carbocycles. The van der Waals surface area contributed by atoms with Crippen molar-refractivity contribution in [3.8, 4) is 0 Å². The summed E-state index contributed by atoms with van der Waals surface area (Å²) < 4.78 is 0. The minimum atomic E-state index is -0.750. The fourth-order valence-corrected chi connectivity index (χ4v) is 0.714. The van der Waals surface area contributed by atoms with Crippen molar-refractivity contribution in [2.45, 2.75) is 13.3 Å². The van der Waals surface area contributed by atoms with Crippen molar-refractivity contribution in [1.82, 2.24) is 0 Å². The van der Waals surface area contributed by atoms with Crippen LogP contribution in [0.2, 0.25) is 0 Å². The first-order valence-corrected chi connectivity index (χ1v) is 5.18. The molecule has 0 aliphatic rings. The maximum Gasteiger partial charge on any atom is 2.00 e. The van der Waals surface area contributed by atoms with Crippen molar-refractivity contribution >= 4 is 35.7 Å². The second-order valence-corrected chi connectivity index (χ2v) is 3.28. The summed E-state index contributed by atoms with van der Waals surface area (Å²) in [6.45, 7) is 2.16. The molecule has 1 aromatic carbocycles. The van der Waals surface area contributed by atoms with Crippen molar-refractivity contribution in [2.24, 2.45) is 11.5 Å². The van der Waals surface area contributed by atoms with Crippen LogP contribution in [0.15, 0.2) is 30.3 Å². The van der Waals surface area contributed by atoms with Crippen LogP contribution >= 0.6 is 0 Å². The van der Waals surface area contributed by atoms with Gasteiger partial charge >= 0.3 is 19.5 Å². The first-order valence-electron chi connectivity index (χ1n) is 4.37. The van der Waals surface area contributed by atoms with Gasteiger partial charge in [0.15, 0.2) is 0 Å². The van der Waals surface area contributed by atoms with Gasteiger partial charge in [-0.25, -0.2) is 0 Å².